The molecule has 0 saturated heterocycles. The SMILES string of the molecule is Cl.[C]1=C=C=C=[C-]1.[Ru].c1ccc(P(C[PH+](c2ccccc2)c2ccccc2)c2ccccc2)cc1. The number of halogens is 1. The number of allylic oxidation sites excluding steroid dienone is 2. The molecule has 1 aliphatic carbocycles. The minimum Gasteiger partial charge on any atom is -0.288 e. The fraction of sp³-hybridized carbons (Fsp3) is 0.0333. The first-order valence-corrected chi connectivity index (χ1v) is 13.7. The van der Waals surface area contributed by atoms with Crippen molar-refractivity contribution in [2.45, 2.75) is 0 Å². The predicted molar refractivity (Wildman–Crippen MR) is 149 cm³/mol. The van der Waals surface area contributed by atoms with Gasteiger partial charge in [0.1, 0.15) is 0 Å². The van der Waals surface area contributed by atoms with E-state index in [9.17, 15) is 0 Å². The van der Waals surface area contributed by atoms with E-state index < -0.39 is 15.8 Å². The van der Waals surface area contributed by atoms with Crippen LogP contribution < -0.4 is 21.2 Å². The van der Waals surface area contributed by atoms with Gasteiger partial charge in [0, 0.05) is 19.5 Å². The van der Waals surface area contributed by atoms with Gasteiger partial charge in [0.25, 0.3) is 0 Å². The van der Waals surface area contributed by atoms with E-state index in [1.807, 2.05) is 0 Å². The summed E-state index contributed by atoms with van der Waals surface area (Å²) in [5, 5.41) is 5.92. The van der Waals surface area contributed by atoms with Gasteiger partial charge in [-0.15, -0.1) is 24.6 Å². The Bertz CT molecular complexity index is 1070. The maximum atomic E-state index is 2.50. The number of rotatable bonds is 6. The van der Waals surface area contributed by atoms with Crippen molar-refractivity contribution >= 4 is 49.5 Å². The topological polar surface area (TPSA) is 0 Å². The van der Waals surface area contributed by atoms with Gasteiger partial charge >= 0.3 is 0 Å². The van der Waals surface area contributed by atoms with Crippen molar-refractivity contribution in [3.8, 4) is 0 Å². The smallest absolute Gasteiger partial charge is 0.0970 e. The Morgan fingerprint density at radius 1 is 0.588 bits per heavy atom. The van der Waals surface area contributed by atoms with E-state index in [1.54, 1.807) is 0 Å². The molecule has 0 heterocycles. The molecule has 0 aliphatic heterocycles. The largest absolute Gasteiger partial charge is 0.288 e. The average Bonchev–Trinajstić information content (AvgIpc) is 3.47. The van der Waals surface area contributed by atoms with Crippen molar-refractivity contribution in [3.05, 3.63) is 151 Å². The molecule has 0 nitrogen and oxygen atoms in total. The first kappa shape index (κ1) is 28.0. The van der Waals surface area contributed by atoms with Crippen molar-refractivity contribution in [1.29, 1.82) is 0 Å². The van der Waals surface area contributed by atoms with Gasteiger partial charge in [0.2, 0.25) is 0 Å². The first-order chi connectivity index (χ1) is 15.9. The van der Waals surface area contributed by atoms with Gasteiger partial charge < -0.3 is 0 Å². The van der Waals surface area contributed by atoms with Crippen LogP contribution in [0.15, 0.2) is 139 Å². The van der Waals surface area contributed by atoms with E-state index in [0.717, 1.165) is 0 Å². The van der Waals surface area contributed by atoms with Crippen molar-refractivity contribution < 1.29 is 19.5 Å². The molecule has 169 valence electrons. The Hall–Kier alpha value is -2.27. The number of benzene rings is 4. The third-order valence-corrected chi connectivity index (χ3v) is 11.4. The van der Waals surface area contributed by atoms with E-state index in [-0.39, 0.29) is 31.9 Å². The molecule has 0 fully saturated rings. The van der Waals surface area contributed by atoms with Crippen LogP contribution in [0.3, 0.4) is 0 Å². The summed E-state index contributed by atoms with van der Waals surface area (Å²) in [7, 11) is -1.26. The molecule has 0 unspecified atom stereocenters. The molecule has 0 aromatic heterocycles. The third-order valence-electron chi connectivity index (χ3n) is 5.01. The van der Waals surface area contributed by atoms with Crippen LogP contribution in [-0.4, -0.2) is 5.90 Å². The van der Waals surface area contributed by atoms with Gasteiger partial charge in [-0.1, -0.05) is 97.1 Å². The molecule has 0 atom stereocenters. The minimum atomic E-state index is -0.864. The summed E-state index contributed by atoms with van der Waals surface area (Å²) >= 11 is 0. The summed E-state index contributed by atoms with van der Waals surface area (Å²) in [5.41, 5.74) is 7.50. The van der Waals surface area contributed by atoms with Crippen LogP contribution in [0.5, 0.6) is 0 Å². The summed E-state index contributed by atoms with van der Waals surface area (Å²) in [5.74, 6) is 1.21. The van der Waals surface area contributed by atoms with Crippen LogP contribution in [0.4, 0.5) is 0 Å². The normalized spacial score (nSPS) is 10.4. The number of hydrogen-bond acceptors (Lipinski definition) is 0. The van der Waals surface area contributed by atoms with Gasteiger partial charge in [0.05, 0.1) is 24.4 Å². The Labute approximate surface area is 224 Å². The molecule has 0 amide bonds. The maximum Gasteiger partial charge on any atom is 0.0970 e. The zero-order chi connectivity index (χ0) is 21.8. The Balaban J connectivity index is 0.000000520. The van der Waals surface area contributed by atoms with Crippen LogP contribution in [-0.2, 0) is 19.5 Å². The van der Waals surface area contributed by atoms with Crippen molar-refractivity contribution in [2.24, 2.45) is 0 Å². The summed E-state index contributed by atoms with van der Waals surface area (Å²) < 4.78 is 0. The second kappa shape index (κ2) is 15.6. The fourth-order valence-electron chi connectivity index (χ4n) is 3.49. The molecule has 0 bridgehead atoms. The van der Waals surface area contributed by atoms with E-state index in [4.69, 9.17) is 0 Å². The molecular weight excluding hydrogens is 559 g/mol. The summed E-state index contributed by atoms with van der Waals surface area (Å²) in [4.78, 5) is 0. The van der Waals surface area contributed by atoms with E-state index in [0.29, 0.717) is 0 Å². The molecular formula is C30H24ClP2Ru. The second-order valence-electron chi connectivity index (χ2n) is 7.09. The molecule has 0 saturated carbocycles. The standard InChI is InChI=1S/C25H22P2.C5.ClH.Ru/c1-5-13-22(14-6-1)26(23-15-7-2-8-16-23)21-27(24-17-9-3-10-18-24)25-19-11-4-12-20-25;1-2-4-5-3-1;;/h1-20H,21H2;;1H;/q;-1;;/p+1. The van der Waals surface area contributed by atoms with Crippen LogP contribution in [0.2, 0.25) is 0 Å². The van der Waals surface area contributed by atoms with Crippen molar-refractivity contribution in [3.63, 3.8) is 0 Å². The molecule has 0 spiro atoms. The summed E-state index contributed by atoms with van der Waals surface area (Å²) in [6.07, 6.45) is 5.00. The quantitative estimate of drug-likeness (QED) is 0.113. The minimum absolute atomic E-state index is 0. The van der Waals surface area contributed by atoms with E-state index in [1.165, 1.54) is 27.1 Å². The Morgan fingerprint density at radius 3 is 1.32 bits per heavy atom. The predicted octanol–water partition coefficient (Wildman–Crippen LogP) is 5.99. The first-order valence-electron chi connectivity index (χ1n) is 10.5. The Morgan fingerprint density at radius 2 is 1.00 bits per heavy atom. The van der Waals surface area contributed by atoms with Gasteiger partial charge in [-0.25, -0.2) is 5.73 Å². The average molecular weight is 583 g/mol. The maximum absolute atomic E-state index is 2.50. The molecule has 1 radical (unpaired) electrons. The second-order valence-corrected chi connectivity index (χ2v) is 12.4. The summed E-state index contributed by atoms with van der Waals surface area (Å²) in [6.45, 7) is 0. The van der Waals surface area contributed by atoms with E-state index >= 15 is 0 Å². The monoisotopic (exact) mass is 583 g/mol. The van der Waals surface area contributed by atoms with Crippen LogP contribution in [0.1, 0.15) is 0 Å². The molecule has 1 aliphatic rings. The third kappa shape index (κ3) is 8.19. The van der Waals surface area contributed by atoms with Gasteiger partial charge in [-0.3, -0.25) is 11.5 Å². The fourth-order valence-corrected chi connectivity index (χ4v) is 10.6. The van der Waals surface area contributed by atoms with Crippen LogP contribution in [0.25, 0.3) is 0 Å². The Kier molecular flexibility index (Phi) is 12.8. The zero-order valence-corrected chi connectivity index (χ0v) is 22.9. The van der Waals surface area contributed by atoms with Gasteiger partial charge in [-0.2, -0.15) is 0 Å². The molecule has 0 N–H and O–H groups in total. The summed E-state index contributed by atoms with van der Waals surface area (Å²) in [6, 6.07) is 44.3. The van der Waals surface area contributed by atoms with Gasteiger partial charge in [0.15, 0.2) is 0 Å². The van der Waals surface area contributed by atoms with Crippen LogP contribution >= 0.6 is 28.3 Å². The zero-order valence-electron chi connectivity index (χ0n) is 18.5. The molecule has 4 heteroatoms. The molecule has 34 heavy (non-hydrogen) atoms. The van der Waals surface area contributed by atoms with Crippen molar-refractivity contribution in [1.82, 2.24) is 0 Å². The van der Waals surface area contributed by atoms with Crippen LogP contribution in [0, 0.1) is 12.2 Å². The van der Waals surface area contributed by atoms with Crippen molar-refractivity contribution in [2.75, 3.05) is 5.90 Å². The van der Waals surface area contributed by atoms with Gasteiger partial charge in [-0.05, 0) is 42.8 Å². The molecule has 4 aromatic carbocycles. The van der Waals surface area contributed by atoms with E-state index in [2.05, 4.69) is 151 Å². The molecule has 4 aromatic rings. The molecule has 5 rings (SSSR count). The number of hydrogen-bond donors (Lipinski definition) is 0.